The van der Waals surface area contributed by atoms with E-state index in [1.54, 1.807) is 6.07 Å². The highest BCUT2D eigenvalue weighted by Gasteiger charge is 2.18. The molecule has 1 amide bonds. The molecule has 0 radical (unpaired) electrons. The fraction of sp³-hybridized carbons (Fsp3) is 0.133. The summed E-state index contributed by atoms with van der Waals surface area (Å²) in [5, 5.41) is 13.3. The maximum absolute atomic E-state index is 11.8. The predicted octanol–water partition coefficient (Wildman–Crippen LogP) is 1.79. The quantitative estimate of drug-likeness (QED) is 0.486. The second kappa shape index (κ2) is 7.68. The third-order valence-corrected chi connectivity index (χ3v) is 2.91. The van der Waals surface area contributed by atoms with Crippen LogP contribution in [0.25, 0.3) is 0 Å². The fourth-order valence-electron chi connectivity index (χ4n) is 1.78. The number of amides is 1. The molecule has 1 heterocycles. The zero-order chi connectivity index (χ0) is 17.5. The van der Waals surface area contributed by atoms with Gasteiger partial charge in [0.1, 0.15) is 11.4 Å². The average molecular weight is 331 g/mol. The van der Waals surface area contributed by atoms with E-state index in [1.807, 2.05) is 0 Å². The van der Waals surface area contributed by atoms with E-state index in [-0.39, 0.29) is 22.7 Å². The van der Waals surface area contributed by atoms with Crippen LogP contribution in [-0.4, -0.2) is 35.5 Å². The molecule has 2 aromatic rings. The maximum Gasteiger partial charge on any atom is 0.340 e. The van der Waals surface area contributed by atoms with Crippen molar-refractivity contribution in [3.63, 3.8) is 0 Å². The summed E-state index contributed by atoms with van der Waals surface area (Å²) in [4.78, 5) is 37.6. The van der Waals surface area contributed by atoms with E-state index in [1.165, 1.54) is 43.8 Å². The molecule has 0 aliphatic carbocycles. The highest BCUT2D eigenvalue weighted by atomic mass is 16.6. The largest absolute Gasteiger partial charge is 0.496 e. The van der Waals surface area contributed by atoms with Crippen LogP contribution in [-0.2, 0) is 9.53 Å². The minimum atomic E-state index is -0.720. The molecule has 2 rings (SSSR count). The molecule has 1 aromatic heterocycles. The van der Waals surface area contributed by atoms with Crippen molar-refractivity contribution in [2.24, 2.45) is 0 Å². The van der Waals surface area contributed by atoms with Crippen LogP contribution in [0.15, 0.2) is 42.7 Å². The number of nitrogens with one attached hydrogen (secondary N) is 1. The zero-order valence-corrected chi connectivity index (χ0v) is 12.6. The zero-order valence-electron chi connectivity index (χ0n) is 12.6. The fourth-order valence-corrected chi connectivity index (χ4v) is 1.78. The minimum Gasteiger partial charge on any atom is -0.496 e. The van der Waals surface area contributed by atoms with Crippen molar-refractivity contribution in [1.82, 2.24) is 4.98 Å². The van der Waals surface area contributed by atoms with Gasteiger partial charge < -0.3 is 14.8 Å². The van der Waals surface area contributed by atoms with E-state index in [9.17, 15) is 19.7 Å². The number of hydrogen-bond acceptors (Lipinski definition) is 7. The molecule has 0 fully saturated rings. The molecule has 9 heteroatoms. The number of methoxy groups -OCH3 is 1. The first-order valence-electron chi connectivity index (χ1n) is 6.70. The number of benzene rings is 1. The average Bonchev–Trinajstić information content (AvgIpc) is 2.60. The molecular formula is C15H13N3O6. The number of hydrogen-bond donors (Lipinski definition) is 1. The molecule has 24 heavy (non-hydrogen) atoms. The summed E-state index contributed by atoms with van der Waals surface area (Å²) in [6.45, 7) is -0.586. The van der Waals surface area contributed by atoms with Gasteiger partial charge in [-0.3, -0.25) is 19.9 Å². The van der Waals surface area contributed by atoms with Crippen molar-refractivity contribution in [3.8, 4) is 5.75 Å². The number of aromatic nitrogens is 1. The molecule has 0 aliphatic rings. The lowest BCUT2D eigenvalue weighted by Crippen LogP contribution is -2.21. The van der Waals surface area contributed by atoms with Crippen molar-refractivity contribution in [2.75, 3.05) is 19.0 Å². The number of nitrogens with zero attached hydrogens (tertiary/aromatic N) is 2. The number of nitro benzene ring substituents is 1. The first-order valence-corrected chi connectivity index (χ1v) is 6.70. The van der Waals surface area contributed by atoms with E-state index in [2.05, 4.69) is 10.3 Å². The number of anilines is 1. The lowest BCUT2D eigenvalue weighted by molar-refractivity contribution is -0.384. The van der Waals surface area contributed by atoms with Gasteiger partial charge in [0, 0.05) is 12.4 Å². The van der Waals surface area contributed by atoms with Gasteiger partial charge in [-0.05, 0) is 24.3 Å². The molecule has 0 atom stereocenters. The third-order valence-electron chi connectivity index (χ3n) is 2.91. The number of esters is 1. The predicted molar refractivity (Wildman–Crippen MR) is 82.8 cm³/mol. The van der Waals surface area contributed by atoms with Crippen LogP contribution in [0, 0.1) is 10.1 Å². The van der Waals surface area contributed by atoms with E-state index in [0.717, 1.165) is 0 Å². The summed E-state index contributed by atoms with van der Waals surface area (Å²) in [5.41, 5.74) is -0.162. The number of ether oxygens (including phenoxy) is 2. The molecule has 1 aromatic carbocycles. The number of pyridine rings is 1. The second-order valence-corrected chi connectivity index (χ2v) is 4.51. The second-order valence-electron chi connectivity index (χ2n) is 4.51. The topological polar surface area (TPSA) is 121 Å². The van der Waals surface area contributed by atoms with Gasteiger partial charge in [-0.2, -0.15) is 0 Å². The Morgan fingerprint density at radius 3 is 2.75 bits per heavy atom. The van der Waals surface area contributed by atoms with Crippen LogP contribution in [0.3, 0.4) is 0 Å². The molecule has 9 nitrogen and oxygen atoms in total. The summed E-state index contributed by atoms with van der Waals surface area (Å²) in [5.74, 6) is -1.15. The molecule has 0 saturated heterocycles. The maximum atomic E-state index is 11.8. The highest BCUT2D eigenvalue weighted by Crippen LogP contribution is 2.28. The van der Waals surface area contributed by atoms with Crippen molar-refractivity contribution < 1.29 is 24.0 Å². The van der Waals surface area contributed by atoms with Gasteiger partial charge in [-0.15, -0.1) is 0 Å². The molecule has 0 unspecified atom stereocenters. The van der Waals surface area contributed by atoms with E-state index in [4.69, 9.17) is 9.47 Å². The number of rotatable bonds is 6. The molecule has 124 valence electrons. The lowest BCUT2D eigenvalue weighted by Gasteiger charge is -2.08. The molecule has 0 spiro atoms. The smallest absolute Gasteiger partial charge is 0.340 e. The van der Waals surface area contributed by atoms with E-state index >= 15 is 0 Å². The van der Waals surface area contributed by atoms with Gasteiger partial charge in [-0.1, -0.05) is 0 Å². The Morgan fingerprint density at radius 1 is 1.33 bits per heavy atom. The molecular weight excluding hydrogens is 318 g/mol. The van der Waals surface area contributed by atoms with Gasteiger partial charge in [0.15, 0.2) is 6.61 Å². The first kappa shape index (κ1) is 16.9. The number of carbonyl (C=O) groups excluding carboxylic acids is 2. The van der Waals surface area contributed by atoms with Gasteiger partial charge in [0.2, 0.25) is 0 Å². The van der Waals surface area contributed by atoms with Gasteiger partial charge in [-0.25, -0.2) is 4.79 Å². The first-order chi connectivity index (χ1) is 11.5. The van der Waals surface area contributed by atoms with E-state index < -0.39 is 23.4 Å². The summed E-state index contributed by atoms with van der Waals surface area (Å²) in [6, 6.07) is 7.01. The summed E-state index contributed by atoms with van der Waals surface area (Å²) < 4.78 is 9.72. The van der Waals surface area contributed by atoms with Gasteiger partial charge >= 0.3 is 5.97 Å². The van der Waals surface area contributed by atoms with Crippen LogP contribution in [0.5, 0.6) is 5.75 Å². The normalized spacial score (nSPS) is 9.88. The molecule has 1 N–H and O–H groups in total. The summed E-state index contributed by atoms with van der Waals surface area (Å²) >= 11 is 0. The third kappa shape index (κ3) is 4.26. The molecule has 0 bridgehead atoms. The Balaban J connectivity index is 2.00. The standard InChI is InChI=1S/C15H13N3O6/c1-23-11-4-5-12(13(7-11)18(21)22)17-14(19)9-24-15(20)10-3-2-6-16-8-10/h2-8H,9H2,1H3,(H,17,19). The lowest BCUT2D eigenvalue weighted by atomic mass is 10.2. The van der Waals surface area contributed by atoms with E-state index in [0.29, 0.717) is 0 Å². The molecule has 0 saturated carbocycles. The monoisotopic (exact) mass is 331 g/mol. The number of nitro groups is 1. The summed E-state index contributed by atoms with van der Waals surface area (Å²) in [6.07, 6.45) is 2.79. The van der Waals surface area contributed by atoms with Crippen LogP contribution < -0.4 is 10.1 Å². The van der Waals surface area contributed by atoms with Crippen LogP contribution in [0.4, 0.5) is 11.4 Å². The van der Waals surface area contributed by atoms with Gasteiger partial charge in [0.05, 0.1) is 23.7 Å². The van der Waals surface area contributed by atoms with Crippen molar-refractivity contribution >= 4 is 23.3 Å². The van der Waals surface area contributed by atoms with Crippen LogP contribution >= 0.6 is 0 Å². The Kier molecular flexibility index (Phi) is 5.40. The SMILES string of the molecule is COc1ccc(NC(=O)COC(=O)c2cccnc2)c([N+](=O)[O-])c1. The summed E-state index contributed by atoms with van der Waals surface area (Å²) in [7, 11) is 1.37. The van der Waals surface area contributed by atoms with Crippen LogP contribution in [0.2, 0.25) is 0 Å². The Bertz CT molecular complexity index is 763. The Hall–Kier alpha value is -3.49. The minimum absolute atomic E-state index is 0.0248. The Labute approximate surface area is 136 Å². The van der Waals surface area contributed by atoms with Gasteiger partial charge in [0.25, 0.3) is 11.6 Å². The van der Waals surface area contributed by atoms with Crippen molar-refractivity contribution in [1.29, 1.82) is 0 Å². The Morgan fingerprint density at radius 2 is 2.12 bits per heavy atom. The molecule has 0 aliphatic heterocycles. The highest BCUT2D eigenvalue weighted by molar-refractivity contribution is 5.96. The van der Waals surface area contributed by atoms with Crippen molar-refractivity contribution in [2.45, 2.75) is 0 Å². The van der Waals surface area contributed by atoms with Crippen molar-refractivity contribution in [3.05, 3.63) is 58.4 Å². The number of carbonyl (C=O) groups is 2. The van der Waals surface area contributed by atoms with Crippen LogP contribution in [0.1, 0.15) is 10.4 Å².